The van der Waals surface area contributed by atoms with E-state index in [1.165, 1.54) is 11.3 Å². The van der Waals surface area contributed by atoms with Crippen LogP contribution in [-0.4, -0.2) is 31.8 Å². The lowest BCUT2D eigenvalue weighted by Gasteiger charge is -2.04. The van der Waals surface area contributed by atoms with Crippen molar-refractivity contribution in [2.24, 2.45) is 0 Å². The first-order valence-electron chi connectivity index (χ1n) is 4.82. The smallest absolute Gasteiger partial charge is 0.304 e. The first-order valence-corrected chi connectivity index (χ1v) is 7.67. The fourth-order valence-electron chi connectivity index (χ4n) is 1.11. The summed E-state index contributed by atoms with van der Waals surface area (Å²) in [5.74, 6) is -1.52. The third-order valence-corrected chi connectivity index (χ3v) is 4.58. The van der Waals surface area contributed by atoms with Gasteiger partial charge >= 0.3 is 5.97 Å². The van der Waals surface area contributed by atoms with Crippen LogP contribution < -0.4 is 4.72 Å². The summed E-state index contributed by atoms with van der Waals surface area (Å²) in [5.41, 5.74) is 0. The lowest BCUT2D eigenvalue weighted by molar-refractivity contribution is -0.136. The number of halogens is 1. The van der Waals surface area contributed by atoms with E-state index >= 15 is 0 Å². The molecule has 8 heteroatoms. The highest BCUT2D eigenvalue weighted by Gasteiger charge is 2.12. The molecule has 0 aromatic carbocycles. The maximum atomic E-state index is 11.3. The van der Waals surface area contributed by atoms with Gasteiger partial charge in [-0.3, -0.25) is 4.79 Å². The molecule has 1 heterocycles. The zero-order valence-electron chi connectivity index (χ0n) is 8.85. The number of nitrogens with one attached hydrogen (secondary N) is 1. The van der Waals surface area contributed by atoms with Crippen molar-refractivity contribution in [3.05, 3.63) is 21.3 Å². The molecule has 17 heavy (non-hydrogen) atoms. The molecule has 2 N–H and O–H groups in total. The monoisotopic (exact) mass is 297 g/mol. The van der Waals surface area contributed by atoms with Crippen LogP contribution in [0.1, 0.15) is 11.3 Å². The fraction of sp³-hybridized carbons (Fsp3) is 0.444. The molecule has 0 saturated heterocycles. The van der Waals surface area contributed by atoms with Crippen LogP contribution in [0.5, 0.6) is 0 Å². The van der Waals surface area contributed by atoms with Crippen LogP contribution in [0.3, 0.4) is 0 Å². The third kappa shape index (κ3) is 6.02. The number of hydrogen-bond acceptors (Lipinski definition) is 4. The Bertz CT molecular complexity index is 483. The Hall–Kier alpha value is -0.630. The number of hydrogen-bond donors (Lipinski definition) is 2. The maximum Gasteiger partial charge on any atom is 0.304 e. The van der Waals surface area contributed by atoms with Gasteiger partial charge in [0.25, 0.3) is 0 Å². The largest absolute Gasteiger partial charge is 0.481 e. The molecule has 0 radical (unpaired) electrons. The Morgan fingerprint density at radius 3 is 2.71 bits per heavy atom. The summed E-state index contributed by atoms with van der Waals surface area (Å²) in [6.07, 6.45) is 0.157. The lowest BCUT2D eigenvalue weighted by atomic mass is 10.3. The summed E-state index contributed by atoms with van der Waals surface area (Å²) in [4.78, 5) is 11.2. The zero-order chi connectivity index (χ0) is 12.9. The van der Waals surface area contributed by atoms with Gasteiger partial charge in [-0.05, 0) is 18.6 Å². The van der Waals surface area contributed by atoms with E-state index in [9.17, 15) is 13.2 Å². The van der Waals surface area contributed by atoms with Gasteiger partial charge < -0.3 is 5.11 Å². The number of sulfonamides is 1. The summed E-state index contributed by atoms with van der Waals surface area (Å²) in [5, 5.41) is 8.38. The van der Waals surface area contributed by atoms with Crippen LogP contribution in [0.4, 0.5) is 0 Å². The molecule has 0 bridgehead atoms. The summed E-state index contributed by atoms with van der Waals surface area (Å²) in [6, 6.07) is 3.58. The topological polar surface area (TPSA) is 83.5 Å². The van der Waals surface area contributed by atoms with Crippen molar-refractivity contribution in [3.63, 3.8) is 0 Å². The quantitative estimate of drug-likeness (QED) is 0.795. The SMILES string of the molecule is O=C(O)CCS(=O)(=O)NCCc1ccc(Cl)s1. The number of carboxylic acid groups (broad SMARTS) is 1. The van der Waals surface area contributed by atoms with Gasteiger partial charge in [0.05, 0.1) is 16.5 Å². The molecule has 0 atom stereocenters. The Balaban J connectivity index is 2.32. The Morgan fingerprint density at radius 2 is 2.18 bits per heavy atom. The highest BCUT2D eigenvalue weighted by Crippen LogP contribution is 2.21. The van der Waals surface area contributed by atoms with Crippen molar-refractivity contribution >= 4 is 38.9 Å². The number of rotatable bonds is 7. The second kappa shape index (κ2) is 6.34. The molecule has 0 saturated carbocycles. The van der Waals surface area contributed by atoms with E-state index in [4.69, 9.17) is 16.7 Å². The minimum absolute atomic E-state index is 0.249. The predicted molar refractivity (Wildman–Crippen MR) is 67.1 cm³/mol. The molecule has 0 unspecified atom stereocenters. The predicted octanol–water partition coefficient (Wildman–Crippen LogP) is 1.34. The molecule has 0 aliphatic carbocycles. The molecule has 1 aromatic heterocycles. The second-order valence-corrected chi connectivity index (χ2v) is 7.04. The average Bonchev–Trinajstić information content (AvgIpc) is 2.61. The molecule has 1 rings (SSSR count). The molecule has 0 aliphatic heterocycles. The maximum absolute atomic E-state index is 11.3. The molecular formula is C9H12ClNO4S2. The molecule has 96 valence electrons. The van der Waals surface area contributed by atoms with Crippen LogP contribution in [0, 0.1) is 0 Å². The summed E-state index contributed by atoms with van der Waals surface area (Å²) < 4.78 is 25.7. The van der Waals surface area contributed by atoms with Gasteiger partial charge in [0.1, 0.15) is 0 Å². The molecule has 0 aliphatic rings. The molecule has 0 amide bonds. The third-order valence-electron chi connectivity index (χ3n) is 1.91. The normalized spacial score (nSPS) is 11.6. The first kappa shape index (κ1) is 14.4. The van der Waals surface area contributed by atoms with E-state index in [0.717, 1.165) is 4.88 Å². The van der Waals surface area contributed by atoms with Gasteiger partial charge in [0.15, 0.2) is 0 Å². The number of thiophene rings is 1. The van der Waals surface area contributed by atoms with Gasteiger partial charge in [-0.1, -0.05) is 11.6 Å². The van der Waals surface area contributed by atoms with E-state index in [1.807, 2.05) is 6.07 Å². The minimum atomic E-state index is -3.50. The summed E-state index contributed by atoms with van der Waals surface area (Å²) in [7, 11) is -3.50. The van der Waals surface area contributed by atoms with Crippen molar-refractivity contribution in [1.82, 2.24) is 4.72 Å². The van der Waals surface area contributed by atoms with Crippen molar-refractivity contribution in [2.45, 2.75) is 12.8 Å². The van der Waals surface area contributed by atoms with Gasteiger partial charge in [-0.15, -0.1) is 11.3 Å². The van der Waals surface area contributed by atoms with Crippen LogP contribution >= 0.6 is 22.9 Å². The second-order valence-electron chi connectivity index (χ2n) is 3.31. The highest BCUT2D eigenvalue weighted by atomic mass is 35.5. The van der Waals surface area contributed by atoms with Gasteiger partial charge in [-0.25, -0.2) is 13.1 Å². The molecule has 0 fully saturated rings. The van der Waals surface area contributed by atoms with E-state index in [-0.39, 0.29) is 13.0 Å². The highest BCUT2D eigenvalue weighted by molar-refractivity contribution is 7.89. The van der Waals surface area contributed by atoms with Crippen molar-refractivity contribution in [1.29, 1.82) is 0 Å². The van der Waals surface area contributed by atoms with Crippen molar-refractivity contribution < 1.29 is 18.3 Å². The molecular weight excluding hydrogens is 286 g/mol. The van der Waals surface area contributed by atoms with E-state index < -0.39 is 21.7 Å². The van der Waals surface area contributed by atoms with E-state index in [1.54, 1.807) is 6.07 Å². The van der Waals surface area contributed by atoms with Crippen LogP contribution in [0.25, 0.3) is 0 Å². The van der Waals surface area contributed by atoms with Gasteiger partial charge in [0, 0.05) is 11.4 Å². The Kier molecular flexibility index (Phi) is 5.38. The average molecular weight is 298 g/mol. The molecule has 1 aromatic rings. The molecule has 5 nitrogen and oxygen atoms in total. The van der Waals surface area contributed by atoms with Gasteiger partial charge in [0.2, 0.25) is 10.0 Å². The summed E-state index contributed by atoms with van der Waals surface area (Å²) >= 11 is 7.12. The van der Waals surface area contributed by atoms with Gasteiger partial charge in [-0.2, -0.15) is 0 Å². The standard InChI is InChI=1S/C9H12ClNO4S2/c10-8-2-1-7(16-8)3-5-11-17(14,15)6-4-9(12)13/h1-2,11H,3-6H2,(H,12,13). The number of carboxylic acids is 1. The van der Waals surface area contributed by atoms with Crippen LogP contribution in [0.2, 0.25) is 4.34 Å². The Morgan fingerprint density at radius 1 is 1.47 bits per heavy atom. The first-order chi connectivity index (χ1) is 7.89. The van der Waals surface area contributed by atoms with Crippen molar-refractivity contribution in [2.75, 3.05) is 12.3 Å². The lowest BCUT2D eigenvalue weighted by Crippen LogP contribution is -2.29. The number of aliphatic carboxylic acids is 1. The van der Waals surface area contributed by atoms with E-state index in [0.29, 0.717) is 10.8 Å². The van der Waals surface area contributed by atoms with Crippen molar-refractivity contribution in [3.8, 4) is 0 Å². The fourth-order valence-corrected chi connectivity index (χ4v) is 3.20. The Labute approximate surface area is 108 Å². The summed E-state index contributed by atoms with van der Waals surface area (Å²) in [6.45, 7) is 0.249. The van der Waals surface area contributed by atoms with E-state index in [2.05, 4.69) is 4.72 Å². The molecule has 0 spiro atoms. The zero-order valence-corrected chi connectivity index (χ0v) is 11.2. The minimum Gasteiger partial charge on any atom is -0.481 e. The number of carbonyl (C=O) groups is 1. The van der Waals surface area contributed by atoms with Crippen LogP contribution in [0.15, 0.2) is 12.1 Å². The van der Waals surface area contributed by atoms with Crippen LogP contribution in [-0.2, 0) is 21.2 Å².